The molecule has 3 aromatic rings. The van der Waals surface area contributed by atoms with Gasteiger partial charge in [-0.15, -0.1) is 0 Å². The minimum Gasteiger partial charge on any atom is -0.395 e. The van der Waals surface area contributed by atoms with Gasteiger partial charge in [0.2, 0.25) is 0 Å². The van der Waals surface area contributed by atoms with E-state index in [1.54, 1.807) is 48.5 Å². The highest BCUT2D eigenvalue weighted by molar-refractivity contribution is 5.94. The Kier molecular flexibility index (Phi) is 5.02. The molecule has 29 heavy (non-hydrogen) atoms. The maximum Gasteiger partial charge on any atom is 0.263 e. The average molecular weight is 394 g/mol. The van der Waals surface area contributed by atoms with Gasteiger partial charge in [-0.2, -0.15) is 0 Å². The number of benzene rings is 1. The molecule has 8 nitrogen and oxygen atoms in total. The van der Waals surface area contributed by atoms with Gasteiger partial charge < -0.3 is 14.6 Å². The number of hydrogen-bond donors (Lipinski definition) is 1. The van der Waals surface area contributed by atoms with Gasteiger partial charge in [-0.05, 0) is 37.1 Å². The SMILES string of the molecule is Cn1cccc(C(=O)N2CCCC2c2nc3ccccc3c(=O)n2CCO)c1=O. The normalized spacial score (nSPS) is 16.5. The number of likely N-dealkylation sites (tertiary alicyclic amines) is 1. The maximum absolute atomic E-state index is 13.2. The van der Waals surface area contributed by atoms with Gasteiger partial charge in [0.05, 0.1) is 30.1 Å². The first kappa shape index (κ1) is 19.1. The van der Waals surface area contributed by atoms with Crippen LogP contribution in [0.5, 0.6) is 0 Å². The highest BCUT2D eigenvalue weighted by atomic mass is 16.3. The van der Waals surface area contributed by atoms with Crippen LogP contribution in [0.25, 0.3) is 10.9 Å². The summed E-state index contributed by atoms with van der Waals surface area (Å²) in [6.45, 7) is 0.355. The fourth-order valence-corrected chi connectivity index (χ4v) is 3.95. The van der Waals surface area contributed by atoms with E-state index in [0.29, 0.717) is 29.7 Å². The topological polar surface area (TPSA) is 97.4 Å². The van der Waals surface area contributed by atoms with E-state index in [4.69, 9.17) is 0 Å². The molecule has 4 rings (SSSR count). The molecule has 150 valence electrons. The van der Waals surface area contributed by atoms with Crippen LogP contribution >= 0.6 is 0 Å². The molecular weight excluding hydrogens is 372 g/mol. The first-order chi connectivity index (χ1) is 14.0. The summed E-state index contributed by atoms with van der Waals surface area (Å²) in [4.78, 5) is 44.9. The van der Waals surface area contributed by atoms with Gasteiger partial charge in [-0.1, -0.05) is 12.1 Å². The van der Waals surface area contributed by atoms with Crippen molar-refractivity contribution < 1.29 is 9.90 Å². The number of hydrogen-bond acceptors (Lipinski definition) is 5. The number of carbonyl (C=O) groups excluding carboxylic acids is 1. The van der Waals surface area contributed by atoms with Crippen LogP contribution in [-0.2, 0) is 13.6 Å². The Bertz CT molecular complexity index is 1200. The molecule has 1 fully saturated rings. The molecule has 0 spiro atoms. The third-order valence-electron chi connectivity index (χ3n) is 5.38. The fourth-order valence-electron chi connectivity index (χ4n) is 3.95. The molecule has 1 aliphatic rings. The van der Waals surface area contributed by atoms with Crippen LogP contribution < -0.4 is 11.1 Å². The van der Waals surface area contributed by atoms with Gasteiger partial charge in [-0.3, -0.25) is 19.0 Å². The molecule has 3 heterocycles. The largest absolute Gasteiger partial charge is 0.395 e. The molecule has 1 unspecified atom stereocenters. The number of fused-ring (bicyclic) bond motifs is 1. The maximum atomic E-state index is 13.2. The Labute approximate surface area is 166 Å². The van der Waals surface area contributed by atoms with Crippen LogP contribution in [-0.4, -0.2) is 43.2 Å². The highest BCUT2D eigenvalue weighted by Crippen LogP contribution is 2.32. The first-order valence-corrected chi connectivity index (χ1v) is 9.60. The van der Waals surface area contributed by atoms with Gasteiger partial charge >= 0.3 is 0 Å². The smallest absolute Gasteiger partial charge is 0.263 e. The van der Waals surface area contributed by atoms with E-state index < -0.39 is 6.04 Å². The van der Waals surface area contributed by atoms with Crippen molar-refractivity contribution in [2.45, 2.75) is 25.4 Å². The summed E-state index contributed by atoms with van der Waals surface area (Å²) in [5.41, 5.74) is 0.0484. The van der Waals surface area contributed by atoms with E-state index in [9.17, 15) is 19.5 Å². The standard InChI is InChI=1S/C21H22N4O4/c1-23-10-4-7-15(19(23)27)21(29)24-11-5-9-17(24)18-22-16-8-3-2-6-14(16)20(28)25(18)12-13-26/h2-4,6-8,10,17,26H,5,9,11-13H2,1H3. The first-order valence-electron chi connectivity index (χ1n) is 9.60. The van der Waals surface area contributed by atoms with Crippen LogP contribution in [0, 0.1) is 0 Å². The zero-order valence-corrected chi connectivity index (χ0v) is 16.1. The van der Waals surface area contributed by atoms with Crippen molar-refractivity contribution in [1.29, 1.82) is 0 Å². The lowest BCUT2D eigenvalue weighted by atomic mass is 10.1. The summed E-state index contributed by atoms with van der Waals surface area (Å²) in [5.74, 6) is 0.0769. The van der Waals surface area contributed by atoms with E-state index >= 15 is 0 Å². The lowest BCUT2D eigenvalue weighted by Crippen LogP contribution is -2.38. The summed E-state index contributed by atoms with van der Waals surface area (Å²) >= 11 is 0. The molecule has 0 aliphatic carbocycles. The van der Waals surface area contributed by atoms with Crippen molar-refractivity contribution in [2.24, 2.45) is 7.05 Å². The van der Waals surface area contributed by atoms with Crippen molar-refractivity contribution in [2.75, 3.05) is 13.2 Å². The van der Waals surface area contributed by atoms with Gasteiger partial charge in [0, 0.05) is 19.8 Å². The van der Waals surface area contributed by atoms with Gasteiger partial charge in [-0.25, -0.2) is 4.98 Å². The Balaban J connectivity index is 1.83. The predicted molar refractivity (Wildman–Crippen MR) is 108 cm³/mol. The molecule has 1 amide bonds. The molecule has 1 aliphatic heterocycles. The molecule has 2 aromatic heterocycles. The summed E-state index contributed by atoms with van der Waals surface area (Å²) in [7, 11) is 1.60. The van der Waals surface area contributed by atoms with Crippen molar-refractivity contribution >= 4 is 16.8 Å². The summed E-state index contributed by atoms with van der Waals surface area (Å²) < 4.78 is 2.82. The number of pyridine rings is 1. The Hall–Kier alpha value is -3.26. The number of aliphatic hydroxyl groups is 1. The van der Waals surface area contributed by atoms with E-state index in [1.807, 2.05) is 0 Å². The van der Waals surface area contributed by atoms with E-state index in [1.165, 1.54) is 15.2 Å². The Morgan fingerprint density at radius 3 is 2.76 bits per heavy atom. The number of aromatic nitrogens is 3. The fraction of sp³-hybridized carbons (Fsp3) is 0.333. The molecule has 1 atom stereocenters. The van der Waals surface area contributed by atoms with Gasteiger partial charge in [0.25, 0.3) is 17.0 Å². The highest BCUT2D eigenvalue weighted by Gasteiger charge is 2.35. The molecule has 1 saturated heterocycles. The number of aliphatic hydroxyl groups excluding tert-OH is 1. The van der Waals surface area contributed by atoms with Crippen molar-refractivity contribution in [3.8, 4) is 0 Å². The molecule has 0 saturated carbocycles. The molecule has 1 N–H and O–H groups in total. The molecule has 1 aromatic carbocycles. The lowest BCUT2D eigenvalue weighted by Gasteiger charge is -2.26. The van der Waals surface area contributed by atoms with E-state index in [2.05, 4.69) is 4.98 Å². The zero-order valence-electron chi connectivity index (χ0n) is 16.1. The second-order valence-corrected chi connectivity index (χ2v) is 7.16. The number of amides is 1. The monoisotopic (exact) mass is 394 g/mol. The van der Waals surface area contributed by atoms with E-state index in [0.717, 1.165) is 6.42 Å². The number of aryl methyl sites for hydroxylation is 1. The minimum atomic E-state index is -0.434. The van der Waals surface area contributed by atoms with Gasteiger partial charge in [0.1, 0.15) is 11.4 Å². The van der Waals surface area contributed by atoms with Crippen LogP contribution in [0.3, 0.4) is 0 Å². The van der Waals surface area contributed by atoms with Crippen LogP contribution in [0.2, 0.25) is 0 Å². The second kappa shape index (κ2) is 7.63. The number of carbonyl (C=O) groups is 1. The summed E-state index contributed by atoms with van der Waals surface area (Å²) in [5, 5.41) is 9.96. The number of rotatable bonds is 4. The molecular formula is C21H22N4O4. The Morgan fingerprint density at radius 2 is 1.97 bits per heavy atom. The van der Waals surface area contributed by atoms with Crippen molar-refractivity contribution in [3.05, 3.63) is 74.7 Å². The van der Waals surface area contributed by atoms with Crippen LogP contribution in [0.4, 0.5) is 0 Å². The second-order valence-electron chi connectivity index (χ2n) is 7.16. The number of nitrogens with zero attached hydrogens (tertiary/aromatic N) is 4. The van der Waals surface area contributed by atoms with Gasteiger partial charge in [0.15, 0.2) is 0 Å². The van der Waals surface area contributed by atoms with Crippen molar-refractivity contribution in [1.82, 2.24) is 19.0 Å². The summed E-state index contributed by atoms with van der Waals surface area (Å²) in [6, 6.07) is 9.79. The third kappa shape index (κ3) is 3.25. The summed E-state index contributed by atoms with van der Waals surface area (Å²) in [6.07, 6.45) is 2.98. The van der Waals surface area contributed by atoms with Crippen molar-refractivity contribution in [3.63, 3.8) is 0 Å². The zero-order chi connectivity index (χ0) is 20.5. The molecule has 8 heteroatoms. The minimum absolute atomic E-state index is 0.0949. The average Bonchev–Trinajstić information content (AvgIpc) is 3.21. The quantitative estimate of drug-likeness (QED) is 0.714. The molecule has 0 bridgehead atoms. The van der Waals surface area contributed by atoms with Crippen LogP contribution in [0.1, 0.15) is 35.1 Å². The predicted octanol–water partition coefficient (Wildman–Crippen LogP) is 1.06. The number of para-hydroxylation sites is 1. The van der Waals surface area contributed by atoms with Crippen LogP contribution in [0.15, 0.2) is 52.2 Å². The lowest BCUT2D eigenvalue weighted by molar-refractivity contribution is 0.0723. The third-order valence-corrected chi connectivity index (χ3v) is 5.38. The molecule has 0 radical (unpaired) electrons. The van der Waals surface area contributed by atoms with E-state index in [-0.39, 0.29) is 35.7 Å². The Morgan fingerprint density at radius 1 is 1.17 bits per heavy atom.